The molecule has 0 aliphatic rings. The number of hydrogen-bond donors (Lipinski definition) is 2. The van der Waals surface area contributed by atoms with E-state index < -0.39 is 5.97 Å². The highest BCUT2D eigenvalue weighted by Crippen LogP contribution is 2.14. The second-order valence-electron chi connectivity index (χ2n) is 4.98. The van der Waals surface area contributed by atoms with Crippen LogP contribution in [0.15, 0.2) is 24.4 Å². The van der Waals surface area contributed by atoms with Gasteiger partial charge in [-0.1, -0.05) is 12.1 Å². The predicted octanol–water partition coefficient (Wildman–Crippen LogP) is 1.43. The Morgan fingerprint density at radius 1 is 1.40 bits per heavy atom. The second-order valence-corrected chi connectivity index (χ2v) is 4.98. The number of hydrogen-bond acceptors (Lipinski definition) is 3. The van der Waals surface area contributed by atoms with Crippen LogP contribution in [0.3, 0.4) is 0 Å². The van der Waals surface area contributed by atoms with E-state index in [1.165, 1.54) is 4.90 Å². The lowest BCUT2D eigenvalue weighted by Gasteiger charge is -2.24. The number of aromatic amines is 1. The summed E-state index contributed by atoms with van der Waals surface area (Å²) in [5.74, 6) is -1.20. The highest BCUT2D eigenvalue weighted by atomic mass is 16.4. The smallest absolute Gasteiger partial charge is 0.323 e. The Balaban J connectivity index is 2.14. The number of rotatable bonds is 5. The van der Waals surface area contributed by atoms with E-state index in [0.717, 1.165) is 16.5 Å². The van der Waals surface area contributed by atoms with Gasteiger partial charge in [0.1, 0.15) is 6.54 Å². The fourth-order valence-electron chi connectivity index (χ4n) is 2.07. The molecule has 106 valence electrons. The predicted molar refractivity (Wildman–Crippen MR) is 74.3 cm³/mol. The van der Waals surface area contributed by atoms with Crippen molar-refractivity contribution >= 4 is 22.8 Å². The largest absolute Gasteiger partial charge is 0.480 e. The summed E-state index contributed by atoms with van der Waals surface area (Å²) in [6, 6.07) is 5.46. The summed E-state index contributed by atoms with van der Waals surface area (Å²) in [5, 5.41) is 16.6. The second kappa shape index (κ2) is 5.73. The van der Waals surface area contributed by atoms with Gasteiger partial charge in [-0.25, -0.2) is 0 Å². The van der Waals surface area contributed by atoms with Gasteiger partial charge in [0.05, 0.1) is 18.1 Å². The number of nitrogens with zero attached hydrogens (tertiary/aromatic N) is 2. The summed E-state index contributed by atoms with van der Waals surface area (Å²) in [7, 11) is 0. The van der Waals surface area contributed by atoms with E-state index in [0.29, 0.717) is 0 Å². The van der Waals surface area contributed by atoms with Crippen LogP contribution >= 0.6 is 0 Å². The third kappa shape index (κ3) is 3.14. The molecule has 0 atom stereocenters. The first-order valence-corrected chi connectivity index (χ1v) is 6.40. The molecule has 0 fully saturated rings. The van der Waals surface area contributed by atoms with E-state index in [-0.39, 0.29) is 24.9 Å². The maximum Gasteiger partial charge on any atom is 0.323 e. The SMILES string of the molecule is CC(C)N(CC(=O)O)C(=O)Cc1ccc2cn[nH]c2c1. The zero-order chi connectivity index (χ0) is 14.7. The highest BCUT2D eigenvalue weighted by molar-refractivity contribution is 5.85. The molecule has 0 aliphatic heterocycles. The van der Waals surface area contributed by atoms with Crippen molar-refractivity contribution in [2.24, 2.45) is 0 Å². The summed E-state index contributed by atoms with van der Waals surface area (Å²) >= 11 is 0. The Labute approximate surface area is 116 Å². The van der Waals surface area contributed by atoms with Crippen molar-refractivity contribution in [1.29, 1.82) is 0 Å². The van der Waals surface area contributed by atoms with Crippen molar-refractivity contribution in [3.63, 3.8) is 0 Å². The normalized spacial score (nSPS) is 10.9. The molecule has 0 saturated heterocycles. The van der Waals surface area contributed by atoms with Crippen molar-refractivity contribution in [3.8, 4) is 0 Å². The fourth-order valence-corrected chi connectivity index (χ4v) is 2.07. The Bertz CT molecular complexity index is 633. The fraction of sp³-hybridized carbons (Fsp3) is 0.357. The van der Waals surface area contributed by atoms with Gasteiger partial charge in [0.15, 0.2) is 0 Å². The quantitative estimate of drug-likeness (QED) is 0.864. The van der Waals surface area contributed by atoms with Crippen molar-refractivity contribution < 1.29 is 14.7 Å². The lowest BCUT2D eigenvalue weighted by molar-refractivity contribution is -0.145. The lowest BCUT2D eigenvalue weighted by atomic mass is 10.1. The number of aromatic nitrogens is 2. The number of carboxylic acids is 1. The van der Waals surface area contributed by atoms with E-state index >= 15 is 0 Å². The summed E-state index contributed by atoms with van der Waals surface area (Å²) in [5.41, 5.74) is 1.70. The number of H-pyrrole nitrogens is 1. The zero-order valence-corrected chi connectivity index (χ0v) is 11.5. The Kier molecular flexibility index (Phi) is 4.02. The standard InChI is InChI=1S/C14H17N3O3/c1-9(2)17(8-14(19)20)13(18)6-10-3-4-11-7-15-16-12(11)5-10/h3-5,7,9H,6,8H2,1-2H3,(H,15,16)(H,19,20). The minimum Gasteiger partial charge on any atom is -0.480 e. The number of carbonyl (C=O) groups is 2. The number of amides is 1. The molecule has 0 aliphatic carbocycles. The third-order valence-electron chi connectivity index (χ3n) is 3.11. The topological polar surface area (TPSA) is 86.3 Å². The molecule has 1 aromatic heterocycles. The van der Waals surface area contributed by atoms with Gasteiger partial charge in [0.25, 0.3) is 0 Å². The van der Waals surface area contributed by atoms with Crippen LogP contribution in [-0.4, -0.2) is 44.7 Å². The van der Waals surface area contributed by atoms with Gasteiger partial charge < -0.3 is 10.0 Å². The van der Waals surface area contributed by atoms with Crippen LogP contribution < -0.4 is 0 Å². The molecular weight excluding hydrogens is 258 g/mol. The van der Waals surface area contributed by atoms with E-state index in [9.17, 15) is 9.59 Å². The van der Waals surface area contributed by atoms with Crippen LogP contribution in [0.4, 0.5) is 0 Å². The Morgan fingerprint density at radius 3 is 2.80 bits per heavy atom. The van der Waals surface area contributed by atoms with Gasteiger partial charge in [-0.3, -0.25) is 14.7 Å². The first kappa shape index (κ1) is 14.0. The number of carboxylic acid groups (broad SMARTS) is 1. The van der Waals surface area contributed by atoms with Crippen LogP contribution in [0.25, 0.3) is 10.9 Å². The van der Waals surface area contributed by atoms with Gasteiger partial charge in [-0.15, -0.1) is 0 Å². The molecule has 0 saturated carbocycles. The first-order chi connectivity index (χ1) is 9.47. The maximum absolute atomic E-state index is 12.2. The maximum atomic E-state index is 12.2. The molecule has 2 rings (SSSR count). The van der Waals surface area contributed by atoms with Gasteiger partial charge in [-0.05, 0) is 25.5 Å². The summed E-state index contributed by atoms with van der Waals surface area (Å²) < 4.78 is 0. The van der Waals surface area contributed by atoms with Crippen LogP contribution in [0, 0.1) is 0 Å². The summed E-state index contributed by atoms with van der Waals surface area (Å²) in [4.78, 5) is 24.4. The van der Waals surface area contributed by atoms with Crippen molar-refractivity contribution in [2.45, 2.75) is 26.3 Å². The van der Waals surface area contributed by atoms with Crippen LogP contribution in [0.1, 0.15) is 19.4 Å². The summed E-state index contributed by atoms with van der Waals surface area (Å²) in [6.45, 7) is 3.33. The molecule has 6 heteroatoms. The van der Waals surface area contributed by atoms with E-state index in [2.05, 4.69) is 10.2 Å². The number of aliphatic carboxylic acids is 1. The first-order valence-electron chi connectivity index (χ1n) is 6.40. The van der Waals surface area contributed by atoms with Crippen molar-refractivity contribution in [1.82, 2.24) is 15.1 Å². The minimum atomic E-state index is -1.00. The minimum absolute atomic E-state index is 0.144. The highest BCUT2D eigenvalue weighted by Gasteiger charge is 2.20. The van der Waals surface area contributed by atoms with Crippen molar-refractivity contribution in [2.75, 3.05) is 6.54 Å². The zero-order valence-electron chi connectivity index (χ0n) is 11.5. The van der Waals surface area contributed by atoms with E-state index in [4.69, 9.17) is 5.11 Å². The Morgan fingerprint density at radius 2 is 2.15 bits per heavy atom. The van der Waals surface area contributed by atoms with Gasteiger partial charge in [-0.2, -0.15) is 5.10 Å². The molecular formula is C14H17N3O3. The number of benzene rings is 1. The Hall–Kier alpha value is -2.37. The molecule has 1 amide bonds. The average molecular weight is 275 g/mol. The molecule has 2 aromatic rings. The lowest BCUT2D eigenvalue weighted by Crippen LogP contribution is -2.41. The molecule has 2 N–H and O–H groups in total. The number of carbonyl (C=O) groups excluding carboxylic acids is 1. The molecule has 1 heterocycles. The van der Waals surface area contributed by atoms with E-state index in [1.54, 1.807) is 20.0 Å². The molecule has 1 aromatic carbocycles. The summed E-state index contributed by atoms with van der Waals surface area (Å²) in [6.07, 6.45) is 1.90. The van der Waals surface area contributed by atoms with Crippen LogP contribution in [0.5, 0.6) is 0 Å². The van der Waals surface area contributed by atoms with Gasteiger partial charge in [0, 0.05) is 11.4 Å². The van der Waals surface area contributed by atoms with Crippen LogP contribution in [0.2, 0.25) is 0 Å². The van der Waals surface area contributed by atoms with Gasteiger partial charge >= 0.3 is 5.97 Å². The number of fused-ring (bicyclic) bond motifs is 1. The number of nitrogens with one attached hydrogen (secondary N) is 1. The molecule has 0 unspecified atom stereocenters. The van der Waals surface area contributed by atoms with Crippen molar-refractivity contribution in [3.05, 3.63) is 30.0 Å². The average Bonchev–Trinajstić information content (AvgIpc) is 2.82. The van der Waals surface area contributed by atoms with Crippen LogP contribution in [-0.2, 0) is 16.0 Å². The van der Waals surface area contributed by atoms with Gasteiger partial charge in [0.2, 0.25) is 5.91 Å². The molecule has 6 nitrogen and oxygen atoms in total. The molecule has 20 heavy (non-hydrogen) atoms. The monoisotopic (exact) mass is 275 g/mol. The molecule has 0 spiro atoms. The third-order valence-corrected chi connectivity index (χ3v) is 3.11. The molecule has 0 bridgehead atoms. The van der Waals surface area contributed by atoms with E-state index in [1.807, 2.05) is 18.2 Å². The molecule has 0 radical (unpaired) electrons.